The number of ether oxygens (including phenoxy) is 4. The van der Waals surface area contributed by atoms with Crippen molar-refractivity contribution in [2.24, 2.45) is 0 Å². The number of nitrogens with zero attached hydrogens (tertiary/aromatic N) is 7. The molecular weight excluding hydrogens is 1190 g/mol. The molecule has 0 radical (unpaired) electrons. The van der Waals surface area contributed by atoms with E-state index in [1.807, 2.05) is 36.4 Å². The lowest BCUT2D eigenvalue weighted by molar-refractivity contribution is -0.134. The van der Waals surface area contributed by atoms with Gasteiger partial charge in [-0.05, 0) is 102 Å². The van der Waals surface area contributed by atoms with Crippen LogP contribution in [0.4, 0.5) is 11.6 Å². The average Bonchev–Trinajstić information content (AvgIpc) is 3.44. The second-order valence-corrected chi connectivity index (χ2v) is 20.8. The van der Waals surface area contributed by atoms with Gasteiger partial charge in [-0.3, -0.25) is 4.79 Å². The molecule has 0 unspecified atom stereocenters. The second-order valence-electron chi connectivity index (χ2n) is 19.1. The van der Waals surface area contributed by atoms with Crippen molar-refractivity contribution in [1.82, 2.24) is 35.5 Å². The van der Waals surface area contributed by atoms with Gasteiger partial charge in [0.2, 0.25) is 0 Å². The number of hydrogen-bond donors (Lipinski definition) is 4. The van der Waals surface area contributed by atoms with Crippen LogP contribution in [0.25, 0.3) is 22.3 Å². The SMILES string of the molecule is C[C@@H](O)[C@@H](O)C(=O)NCCOCCOCCN(CCOCCOCCNc1cc(-c2cccc([C@@H]3CN(C)Cc4c(Cl)cc(Cl)cc43)c2)cnn1)c1cc(-c2cccc([C@H]3CN(C)Cc4c(Cl)cc(Cl)cc43)c2)cnn1.Cl.Cl.Cl.Cl. The van der Waals surface area contributed by atoms with Gasteiger partial charge in [0.15, 0.2) is 11.9 Å². The minimum absolute atomic E-state index is 0. The zero-order valence-electron chi connectivity index (χ0n) is 44.6. The lowest BCUT2D eigenvalue weighted by Crippen LogP contribution is -2.42. The average molecular weight is 1260 g/mol. The highest BCUT2D eigenvalue weighted by molar-refractivity contribution is 6.35. The molecule has 1 amide bonds. The Morgan fingerprint density at radius 3 is 1.61 bits per heavy atom. The summed E-state index contributed by atoms with van der Waals surface area (Å²) in [6.45, 7) is 9.12. The Morgan fingerprint density at radius 2 is 1.10 bits per heavy atom. The standard InChI is InChI=1S/C56H65Cl4N9O7.4ClH/c1-36(70)55(71)56(72)62-11-15-74-19-21-76-17-13-69(54-25-42(31-64-66-54)38-7-5-9-40(23-38)48-33-68(3)35-50-46(48)27-44(58)29-52(50)60)12-16-75-20-18-73-14-10-61-53-24-41(30-63-65-53)37-6-4-8-39(22-37)47-32-67(2)34-49-45(47)26-43(57)28-51(49)59;;;;/h4-9,22-31,36,47-48,55,70-71H,10-21,32-35H2,1-3H3,(H,61,65)(H,62,72);4*1H/t36-,47+,48-,55-;;;;/m1..../s1. The molecule has 0 bridgehead atoms. The van der Waals surface area contributed by atoms with E-state index in [2.05, 4.69) is 108 Å². The van der Waals surface area contributed by atoms with Crippen molar-refractivity contribution in [3.63, 3.8) is 0 Å². The molecule has 0 saturated carbocycles. The van der Waals surface area contributed by atoms with Gasteiger partial charge in [-0.15, -0.1) is 59.8 Å². The van der Waals surface area contributed by atoms with Crippen LogP contribution in [0.15, 0.2) is 97.3 Å². The van der Waals surface area contributed by atoms with Gasteiger partial charge in [-0.2, -0.15) is 10.2 Å². The van der Waals surface area contributed by atoms with E-state index in [-0.39, 0.29) is 74.6 Å². The first kappa shape index (κ1) is 68.6. The maximum Gasteiger partial charge on any atom is 0.251 e. The van der Waals surface area contributed by atoms with Gasteiger partial charge in [0.1, 0.15) is 5.82 Å². The number of aliphatic hydroxyl groups excluding tert-OH is 2. The molecule has 436 valence electrons. The van der Waals surface area contributed by atoms with E-state index < -0.39 is 18.1 Å². The molecule has 2 aliphatic heterocycles. The first-order valence-corrected chi connectivity index (χ1v) is 26.9. The Bertz CT molecular complexity index is 2900. The van der Waals surface area contributed by atoms with Gasteiger partial charge < -0.3 is 54.5 Å². The molecule has 80 heavy (non-hydrogen) atoms. The largest absolute Gasteiger partial charge is 0.390 e. The molecule has 16 nitrogen and oxygen atoms in total. The van der Waals surface area contributed by atoms with Gasteiger partial charge >= 0.3 is 0 Å². The molecule has 6 aromatic rings. The molecular formula is C56H69Cl8N9O7. The topological polar surface area (TPSA) is 180 Å². The molecule has 4 N–H and O–H groups in total. The van der Waals surface area contributed by atoms with Gasteiger partial charge in [0.25, 0.3) is 5.91 Å². The van der Waals surface area contributed by atoms with Crippen LogP contribution >= 0.6 is 96.0 Å². The van der Waals surface area contributed by atoms with Crippen molar-refractivity contribution in [2.45, 2.75) is 44.1 Å². The van der Waals surface area contributed by atoms with Crippen molar-refractivity contribution in [3.05, 3.63) is 151 Å². The van der Waals surface area contributed by atoms with Crippen LogP contribution in [0.1, 0.15) is 52.1 Å². The highest BCUT2D eigenvalue weighted by atomic mass is 35.5. The number of halogens is 8. The molecule has 4 heterocycles. The molecule has 0 aliphatic carbocycles. The lowest BCUT2D eigenvalue weighted by atomic mass is 9.84. The van der Waals surface area contributed by atoms with E-state index in [1.54, 1.807) is 12.4 Å². The predicted molar refractivity (Wildman–Crippen MR) is 328 cm³/mol. The van der Waals surface area contributed by atoms with Gasteiger partial charge in [-0.25, -0.2) is 0 Å². The van der Waals surface area contributed by atoms with Crippen LogP contribution in [0.5, 0.6) is 0 Å². The summed E-state index contributed by atoms with van der Waals surface area (Å²) in [4.78, 5) is 18.5. The monoisotopic (exact) mass is 1260 g/mol. The van der Waals surface area contributed by atoms with E-state index in [0.29, 0.717) is 97.6 Å². The maximum atomic E-state index is 11.9. The molecule has 0 spiro atoms. The highest BCUT2D eigenvalue weighted by Crippen LogP contribution is 2.41. The van der Waals surface area contributed by atoms with Crippen molar-refractivity contribution >= 4 is 114 Å². The summed E-state index contributed by atoms with van der Waals surface area (Å²) in [5.74, 6) is 0.862. The molecule has 0 fully saturated rings. The number of likely N-dealkylation sites (N-methyl/N-ethyl adjacent to an activating group) is 2. The summed E-state index contributed by atoms with van der Waals surface area (Å²) >= 11 is 26.3. The van der Waals surface area contributed by atoms with Crippen molar-refractivity contribution in [3.8, 4) is 22.3 Å². The Kier molecular flexibility index (Phi) is 29.2. The van der Waals surface area contributed by atoms with E-state index >= 15 is 0 Å². The Hall–Kier alpha value is -3.89. The third kappa shape index (κ3) is 19.1. The fraction of sp³-hybridized carbons (Fsp3) is 0.411. The Labute approximate surface area is 513 Å². The number of rotatable bonds is 26. The molecule has 0 saturated heterocycles. The summed E-state index contributed by atoms with van der Waals surface area (Å²) in [5.41, 5.74) is 10.7. The molecule has 8 rings (SSSR count). The minimum atomic E-state index is -1.49. The molecule has 4 atom stereocenters. The first-order chi connectivity index (χ1) is 36.8. The normalized spacial score (nSPS) is 15.6. The number of benzene rings is 4. The number of aromatic nitrogens is 4. The lowest BCUT2D eigenvalue weighted by Gasteiger charge is -2.33. The van der Waals surface area contributed by atoms with Crippen LogP contribution in [0.3, 0.4) is 0 Å². The zero-order chi connectivity index (χ0) is 53.6. The van der Waals surface area contributed by atoms with E-state index in [0.717, 1.165) is 76.3 Å². The van der Waals surface area contributed by atoms with Crippen molar-refractivity contribution in [2.75, 3.05) is 116 Å². The number of carbonyl (C=O) groups is 1. The summed E-state index contributed by atoms with van der Waals surface area (Å²) in [6.07, 6.45) is 0.887. The smallest absolute Gasteiger partial charge is 0.251 e. The zero-order valence-corrected chi connectivity index (χ0v) is 50.9. The van der Waals surface area contributed by atoms with E-state index in [1.165, 1.54) is 12.5 Å². The van der Waals surface area contributed by atoms with Crippen LogP contribution in [-0.4, -0.2) is 165 Å². The highest BCUT2D eigenvalue weighted by Gasteiger charge is 2.29. The number of anilines is 2. The van der Waals surface area contributed by atoms with E-state index in [9.17, 15) is 15.0 Å². The van der Waals surface area contributed by atoms with Gasteiger partial charge in [-0.1, -0.05) is 94.9 Å². The van der Waals surface area contributed by atoms with Crippen molar-refractivity contribution in [1.29, 1.82) is 0 Å². The second kappa shape index (κ2) is 34.0. The Balaban J connectivity index is 0.00000344. The van der Waals surface area contributed by atoms with Gasteiger partial charge in [0, 0.05) is 95.4 Å². The number of amides is 1. The molecule has 2 aliphatic rings. The summed E-state index contributed by atoms with van der Waals surface area (Å²) in [6, 6.07) is 28.7. The number of fused-ring (bicyclic) bond motifs is 2. The number of nitrogens with one attached hydrogen (secondary N) is 2. The Morgan fingerprint density at radius 1 is 0.625 bits per heavy atom. The van der Waals surface area contributed by atoms with Crippen molar-refractivity contribution < 1.29 is 34.0 Å². The molecule has 24 heteroatoms. The predicted octanol–water partition coefficient (Wildman–Crippen LogP) is 9.90. The third-order valence-corrected chi connectivity index (χ3v) is 14.5. The summed E-state index contributed by atoms with van der Waals surface area (Å²) in [7, 11) is 4.21. The van der Waals surface area contributed by atoms with Crippen LogP contribution in [0, 0.1) is 0 Å². The maximum absolute atomic E-state index is 11.9. The van der Waals surface area contributed by atoms with Crippen LogP contribution < -0.4 is 15.5 Å². The quantitative estimate of drug-likeness (QED) is 0.0377. The van der Waals surface area contributed by atoms with Crippen LogP contribution in [0.2, 0.25) is 20.1 Å². The molecule has 4 aromatic carbocycles. The van der Waals surface area contributed by atoms with Gasteiger partial charge in [0.05, 0.1) is 71.4 Å². The summed E-state index contributed by atoms with van der Waals surface area (Å²) in [5, 5.41) is 45.2. The fourth-order valence-corrected chi connectivity index (χ4v) is 10.7. The summed E-state index contributed by atoms with van der Waals surface area (Å²) < 4.78 is 23.5. The molecule has 2 aromatic heterocycles. The first-order valence-electron chi connectivity index (χ1n) is 25.4. The van der Waals surface area contributed by atoms with Crippen LogP contribution in [-0.2, 0) is 36.8 Å². The number of hydrogen-bond acceptors (Lipinski definition) is 15. The fourth-order valence-electron chi connectivity index (χ4n) is 9.57. The number of aliphatic hydroxyl groups is 2. The minimum Gasteiger partial charge on any atom is -0.390 e. The third-order valence-electron chi connectivity index (χ3n) is 13.4. The van der Waals surface area contributed by atoms with E-state index in [4.69, 9.17) is 65.4 Å². The number of carbonyl (C=O) groups excluding carboxylic acids is 1.